The van der Waals surface area contributed by atoms with E-state index in [4.69, 9.17) is 9.47 Å². The van der Waals surface area contributed by atoms with E-state index in [9.17, 15) is 4.79 Å². The molecule has 1 amide bonds. The van der Waals surface area contributed by atoms with E-state index in [1.807, 2.05) is 11.0 Å². The quantitative estimate of drug-likeness (QED) is 0.794. The van der Waals surface area contributed by atoms with Crippen molar-refractivity contribution < 1.29 is 14.3 Å². The van der Waals surface area contributed by atoms with Crippen LogP contribution in [0.25, 0.3) is 0 Å². The van der Waals surface area contributed by atoms with Gasteiger partial charge in [-0.2, -0.15) is 0 Å². The number of hydrogen-bond acceptors (Lipinski definition) is 6. The molecule has 2 fully saturated rings. The lowest BCUT2D eigenvalue weighted by molar-refractivity contribution is -0.169. The molecule has 2 saturated heterocycles. The van der Waals surface area contributed by atoms with Crippen molar-refractivity contribution in [1.29, 1.82) is 0 Å². The van der Waals surface area contributed by atoms with Crippen molar-refractivity contribution in [2.24, 2.45) is 0 Å². The van der Waals surface area contributed by atoms with Crippen LogP contribution in [0.4, 0.5) is 5.95 Å². The molecule has 0 N–H and O–H groups in total. The first-order valence-corrected chi connectivity index (χ1v) is 9.93. The summed E-state index contributed by atoms with van der Waals surface area (Å²) in [5.41, 5.74) is 3.09. The minimum absolute atomic E-state index is 0.00796. The molecule has 3 aliphatic heterocycles. The van der Waals surface area contributed by atoms with Crippen molar-refractivity contribution in [2.75, 3.05) is 37.7 Å². The Hall–Kier alpha value is -2.51. The average molecular weight is 380 g/mol. The van der Waals surface area contributed by atoms with Crippen molar-refractivity contribution in [2.45, 2.75) is 31.6 Å². The first kappa shape index (κ1) is 17.6. The minimum Gasteiger partial charge on any atom is -0.347 e. The first-order valence-electron chi connectivity index (χ1n) is 9.93. The highest BCUT2D eigenvalue weighted by atomic mass is 16.7. The number of carbonyl (C=O) groups is 1. The largest absolute Gasteiger partial charge is 0.347 e. The van der Waals surface area contributed by atoms with Crippen LogP contribution in [0, 0.1) is 0 Å². The van der Waals surface area contributed by atoms with Gasteiger partial charge in [-0.25, -0.2) is 9.97 Å². The Morgan fingerprint density at radius 3 is 2.36 bits per heavy atom. The number of fused-ring (bicyclic) bond motifs is 1. The van der Waals surface area contributed by atoms with Crippen molar-refractivity contribution in [3.8, 4) is 0 Å². The zero-order valence-corrected chi connectivity index (χ0v) is 15.8. The maximum absolute atomic E-state index is 12.9. The maximum Gasteiger partial charge on any atom is 0.257 e. The van der Waals surface area contributed by atoms with Gasteiger partial charge < -0.3 is 19.3 Å². The van der Waals surface area contributed by atoms with Gasteiger partial charge in [-0.15, -0.1) is 0 Å². The van der Waals surface area contributed by atoms with Gasteiger partial charge in [0.2, 0.25) is 5.95 Å². The molecule has 0 aliphatic carbocycles. The normalized spacial score (nSPS) is 21.0. The van der Waals surface area contributed by atoms with Crippen LogP contribution >= 0.6 is 0 Å². The first-order chi connectivity index (χ1) is 13.7. The minimum atomic E-state index is -0.406. The Balaban J connectivity index is 1.24. The number of hydrogen-bond donors (Lipinski definition) is 0. The number of nitrogens with zero attached hydrogens (tertiary/aromatic N) is 4. The molecule has 0 atom stereocenters. The van der Waals surface area contributed by atoms with E-state index in [0.717, 1.165) is 38.9 Å². The zero-order chi connectivity index (χ0) is 19.0. The third-order valence-corrected chi connectivity index (χ3v) is 5.92. The molecule has 0 unspecified atom stereocenters. The number of rotatable bonds is 2. The highest BCUT2D eigenvalue weighted by molar-refractivity contribution is 5.93. The van der Waals surface area contributed by atoms with Crippen LogP contribution in [0.3, 0.4) is 0 Å². The van der Waals surface area contributed by atoms with Crippen LogP contribution in [-0.2, 0) is 22.4 Å². The molecule has 7 nitrogen and oxygen atoms in total. The molecule has 3 aliphatic rings. The summed E-state index contributed by atoms with van der Waals surface area (Å²) in [6.07, 6.45) is 5.81. The number of piperidine rings is 1. The third-order valence-electron chi connectivity index (χ3n) is 5.92. The monoisotopic (exact) mass is 380 g/mol. The van der Waals surface area contributed by atoms with Crippen LogP contribution < -0.4 is 4.90 Å². The van der Waals surface area contributed by atoms with E-state index < -0.39 is 5.79 Å². The number of carbonyl (C=O) groups excluding carboxylic acids is 1. The fourth-order valence-electron chi connectivity index (χ4n) is 4.28. The van der Waals surface area contributed by atoms with E-state index in [0.29, 0.717) is 31.3 Å². The SMILES string of the molecule is O=C(c1cnc(N2CCC3(CC2)OCCO3)nc1)N1CCc2ccccc2C1. The second kappa shape index (κ2) is 7.14. The molecule has 146 valence electrons. The lowest BCUT2D eigenvalue weighted by Crippen LogP contribution is -2.45. The van der Waals surface area contributed by atoms with Crippen LogP contribution in [0.1, 0.15) is 34.3 Å². The van der Waals surface area contributed by atoms with Crippen molar-refractivity contribution in [3.63, 3.8) is 0 Å². The average Bonchev–Trinajstić information content (AvgIpc) is 3.21. The Kier molecular flexibility index (Phi) is 4.49. The van der Waals surface area contributed by atoms with Crippen molar-refractivity contribution in [3.05, 3.63) is 53.3 Å². The molecular weight excluding hydrogens is 356 g/mol. The molecule has 1 aromatic carbocycles. The van der Waals surface area contributed by atoms with Crippen LogP contribution in [0.5, 0.6) is 0 Å². The Morgan fingerprint density at radius 1 is 0.964 bits per heavy atom. The van der Waals surface area contributed by atoms with E-state index in [-0.39, 0.29) is 5.91 Å². The number of amides is 1. The fourth-order valence-corrected chi connectivity index (χ4v) is 4.28. The summed E-state index contributed by atoms with van der Waals surface area (Å²) in [5.74, 6) is 0.247. The summed E-state index contributed by atoms with van der Waals surface area (Å²) >= 11 is 0. The fraction of sp³-hybridized carbons (Fsp3) is 0.476. The van der Waals surface area contributed by atoms with Crippen LogP contribution in [-0.4, -0.2) is 59.4 Å². The summed E-state index contributed by atoms with van der Waals surface area (Å²) < 4.78 is 11.5. The smallest absolute Gasteiger partial charge is 0.257 e. The highest BCUT2D eigenvalue weighted by Gasteiger charge is 2.40. The lowest BCUT2D eigenvalue weighted by atomic mass is 9.99. The zero-order valence-electron chi connectivity index (χ0n) is 15.8. The molecule has 0 radical (unpaired) electrons. The Morgan fingerprint density at radius 2 is 1.64 bits per heavy atom. The molecule has 7 heteroatoms. The van der Waals surface area contributed by atoms with Crippen molar-refractivity contribution >= 4 is 11.9 Å². The van der Waals surface area contributed by atoms with Gasteiger partial charge in [-0.1, -0.05) is 24.3 Å². The second-order valence-electron chi connectivity index (χ2n) is 7.61. The van der Waals surface area contributed by atoms with Crippen LogP contribution in [0.2, 0.25) is 0 Å². The van der Waals surface area contributed by atoms with Gasteiger partial charge in [0.1, 0.15) is 0 Å². The maximum atomic E-state index is 12.9. The molecule has 0 saturated carbocycles. The van der Waals surface area contributed by atoms with E-state index >= 15 is 0 Å². The Labute approximate surface area is 164 Å². The number of aromatic nitrogens is 2. The van der Waals surface area contributed by atoms with Crippen molar-refractivity contribution in [1.82, 2.24) is 14.9 Å². The van der Waals surface area contributed by atoms with Gasteiger partial charge in [0, 0.05) is 51.4 Å². The summed E-state index contributed by atoms with van der Waals surface area (Å²) in [7, 11) is 0. The summed E-state index contributed by atoms with van der Waals surface area (Å²) in [5, 5.41) is 0. The molecule has 2 aromatic rings. The van der Waals surface area contributed by atoms with E-state index in [1.54, 1.807) is 12.4 Å². The summed E-state index contributed by atoms with van der Waals surface area (Å²) in [4.78, 5) is 25.8. The molecule has 4 heterocycles. The number of benzene rings is 1. The molecular formula is C21H24N4O3. The third kappa shape index (κ3) is 3.25. The van der Waals surface area contributed by atoms with Gasteiger partial charge >= 0.3 is 0 Å². The molecule has 5 rings (SSSR count). The molecule has 1 spiro atoms. The van der Waals surface area contributed by atoms with E-state index in [2.05, 4.69) is 33.1 Å². The lowest BCUT2D eigenvalue weighted by Gasteiger charge is -2.37. The number of ether oxygens (including phenoxy) is 2. The second-order valence-corrected chi connectivity index (χ2v) is 7.61. The van der Waals surface area contributed by atoms with E-state index in [1.165, 1.54) is 11.1 Å². The standard InChI is InChI=1S/C21H24N4O3/c26-19(25-8-5-16-3-1-2-4-17(16)15-25)18-13-22-20(23-14-18)24-9-6-21(7-10-24)27-11-12-28-21/h1-4,13-14H,5-12,15H2. The molecule has 1 aromatic heterocycles. The molecule has 0 bridgehead atoms. The summed E-state index contributed by atoms with van der Waals surface area (Å²) in [6, 6.07) is 8.31. The van der Waals surface area contributed by atoms with Crippen LogP contribution in [0.15, 0.2) is 36.7 Å². The predicted molar refractivity (Wildman–Crippen MR) is 103 cm³/mol. The molecule has 28 heavy (non-hydrogen) atoms. The highest BCUT2D eigenvalue weighted by Crippen LogP contribution is 2.32. The predicted octanol–water partition coefficient (Wildman–Crippen LogP) is 2.02. The topological polar surface area (TPSA) is 67.8 Å². The van der Waals surface area contributed by atoms with Gasteiger partial charge in [-0.3, -0.25) is 4.79 Å². The van der Waals surface area contributed by atoms with Gasteiger partial charge in [-0.05, 0) is 17.5 Å². The van der Waals surface area contributed by atoms with Gasteiger partial charge in [0.15, 0.2) is 5.79 Å². The Bertz CT molecular complexity index is 854. The van der Waals surface area contributed by atoms with Gasteiger partial charge in [0.05, 0.1) is 18.8 Å². The summed E-state index contributed by atoms with van der Waals surface area (Å²) in [6.45, 7) is 4.30. The number of anilines is 1. The van der Waals surface area contributed by atoms with Gasteiger partial charge in [0.25, 0.3) is 5.91 Å².